The third-order valence-electron chi connectivity index (χ3n) is 5.43. The topological polar surface area (TPSA) is 58.6 Å². The average Bonchev–Trinajstić information content (AvgIpc) is 2.67. The maximum Gasteiger partial charge on any atom is 0.328 e. The van der Waals surface area contributed by atoms with E-state index >= 15 is 0 Å². The van der Waals surface area contributed by atoms with Crippen LogP contribution in [0.25, 0.3) is 0 Å². The predicted molar refractivity (Wildman–Crippen MR) is 103 cm³/mol. The largest absolute Gasteiger partial charge is 0.467 e. The number of nitrogens with one attached hydrogen (secondary N) is 1. The van der Waals surface area contributed by atoms with Crippen LogP contribution in [0.3, 0.4) is 0 Å². The number of carbonyl (C=O) groups is 2. The number of hydrogen-bond acceptors (Lipinski definition) is 4. The Labute approximate surface area is 157 Å². The van der Waals surface area contributed by atoms with Gasteiger partial charge < -0.3 is 10.1 Å². The summed E-state index contributed by atoms with van der Waals surface area (Å²) in [5.74, 6) is 0.277. The lowest BCUT2D eigenvalue weighted by Crippen LogP contribution is -2.50. The highest BCUT2D eigenvalue weighted by Crippen LogP contribution is 2.21. The summed E-state index contributed by atoms with van der Waals surface area (Å²) in [6.45, 7) is 6.16. The molecular weight excluding hydrogens is 328 g/mol. The van der Waals surface area contributed by atoms with Gasteiger partial charge in [-0.2, -0.15) is 0 Å². The number of likely N-dealkylation sites (tertiary alicyclic amines) is 1. The molecule has 1 N–H and O–H groups in total. The number of amides is 1. The van der Waals surface area contributed by atoms with E-state index in [-0.39, 0.29) is 17.8 Å². The summed E-state index contributed by atoms with van der Waals surface area (Å²) >= 11 is 0. The minimum atomic E-state index is -0.562. The number of esters is 1. The van der Waals surface area contributed by atoms with E-state index in [2.05, 4.69) is 34.5 Å². The van der Waals surface area contributed by atoms with Crippen molar-refractivity contribution in [1.29, 1.82) is 0 Å². The van der Waals surface area contributed by atoms with E-state index in [1.54, 1.807) is 0 Å². The number of ether oxygens (including phenoxy) is 1. The number of hydrogen-bond donors (Lipinski definition) is 1. The van der Waals surface area contributed by atoms with Gasteiger partial charge in [0.1, 0.15) is 6.04 Å². The van der Waals surface area contributed by atoms with Crippen molar-refractivity contribution in [2.45, 2.75) is 45.6 Å². The van der Waals surface area contributed by atoms with Gasteiger partial charge in [-0.15, -0.1) is 0 Å². The molecule has 2 atom stereocenters. The van der Waals surface area contributed by atoms with Crippen LogP contribution in [0.4, 0.5) is 0 Å². The minimum Gasteiger partial charge on any atom is -0.467 e. The molecule has 5 nitrogen and oxygen atoms in total. The van der Waals surface area contributed by atoms with Crippen LogP contribution in [0.5, 0.6) is 0 Å². The number of methoxy groups -OCH3 is 1. The summed E-state index contributed by atoms with van der Waals surface area (Å²) in [5, 5.41) is 2.86. The highest BCUT2D eigenvalue weighted by Gasteiger charge is 2.28. The molecule has 1 aliphatic rings. The fourth-order valence-electron chi connectivity index (χ4n) is 3.51. The van der Waals surface area contributed by atoms with E-state index in [4.69, 9.17) is 4.74 Å². The number of benzene rings is 1. The molecule has 144 valence electrons. The molecule has 0 unspecified atom stereocenters. The molecule has 1 saturated heterocycles. The standard InChI is InChI=1S/C21H32N2O3/c1-4-16(2)20(21(25)26-3)22-19(24)15-23-12-10-18(11-13-23)14-17-8-6-5-7-9-17/h5-9,16,18,20H,4,10-15H2,1-3H3,(H,22,24)/t16-,20-/m1/s1. The van der Waals surface area contributed by atoms with Gasteiger partial charge in [0.15, 0.2) is 0 Å². The Bertz CT molecular complexity index is 568. The number of rotatable bonds is 8. The van der Waals surface area contributed by atoms with E-state index in [1.165, 1.54) is 12.7 Å². The van der Waals surface area contributed by atoms with Crippen LogP contribution in [-0.2, 0) is 20.7 Å². The molecule has 5 heteroatoms. The van der Waals surface area contributed by atoms with E-state index in [1.807, 2.05) is 19.9 Å². The van der Waals surface area contributed by atoms with Gasteiger partial charge in [-0.25, -0.2) is 4.79 Å². The van der Waals surface area contributed by atoms with Gasteiger partial charge in [-0.05, 0) is 49.8 Å². The Hall–Kier alpha value is -1.88. The van der Waals surface area contributed by atoms with Crippen LogP contribution in [0.15, 0.2) is 30.3 Å². The molecule has 0 radical (unpaired) electrons. The minimum absolute atomic E-state index is 0.0583. The first-order valence-electron chi connectivity index (χ1n) is 9.67. The summed E-state index contributed by atoms with van der Waals surface area (Å²) < 4.78 is 4.83. The van der Waals surface area contributed by atoms with Gasteiger partial charge in [0, 0.05) is 0 Å². The highest BCUT2D eigenvalue weighted by atomic mass is 16.5. The third-order valence-corrected chi connectivity index (χ3v) is 5.43. The number of piperidine rings is 1. The van der Waals surface area contributed by atoms with Crippen molar-refractivity contribution in [2.24, 2.45) is 11.8 Å². The molecule has 2 rings (SSSR count). The zero-order valence-electron chi connectivity index (χ0n) is 16.2. The van der Waals surface area contributed by atoms with E-state index in [9.17, 15) is 9.59 Å². The average molecular weight is 360 g/mol. The van der Waals surface area contributed by atoms with Crippen molar-refractivity contribution >= 4 is 11.9 Å². The summed E-state index contributed by atoms with van der Waals surface area (Å²) in [4.78, 5) is 26.5. The maximum atomic E-state index is 12.4. The normalized spacial score (nSPS) is 18.1. The first-order valence-corrected chi connectivity index (χ1v) is 9.67. The fourth-order valence-corrected chi connectivity index (χ4v) is 3.51. The van der Waals surface area contributed by atoms with Crippen LogP contribution >= 0.6 is 0 Å². The zero-order valence-corrected chi connectivity index (χ0v) is 16.2. The second-order valence-electron chi connectivity index (χ2n) is 7.36. The van der Waals surface area contributed by atoms with Gasteiger partial charge in [-0.1, -0.05) is 50.6 Å². The summed E-state index contributed by atoms with van der Waals surface area (Å²) in [6.07, 6.45) is 4.13. The Balaban J connectivity index is 1.77. The first-order chi connectivity index (χ1) is 12.5. The third kappa shape index (κ3) is 6.13. The van der Waals surface area contributed by atoms with Gasteiger partial charge in [-0.3, -0.25) is 9.69 Å². The molecule has 1 aromatic rings. The molecule has 1 fully saturated rings. The van der Waals surface area contributed by atoms with Gasteiger partial charge in [0.05, 0.1) is 13.7 Å². The van der Waals surface area contributed by atoms with Gasteiger partial charge in [0.25, 0.3) is 0 Å². The Morgan fingerprint density at radius 1 is 1.23 bits per heavy atom. The zero-order chi connectivity index (χ0) is 18.9. The Kier molecular flexibility index (Phi) is 8.10. The maximum absolute atomic E-state index is 12.4. The molecule has 0 aromatic heterocycles. The van der Waals surface area contributed by atoms with Crippen molar-refractivity contribution in [2.75, 3.05) is 26.7 Å². The lowest BCUT2D eigenvalue weighted by molar-refractivity contribution is -0.146. The lowest BCUT2D eigenvalue weighted by Gasteiger charge is -2.32. The monoisotopic (exact) mass is 360 g/mol. The second-order valence-corrected chi connectivity index (χ2v) is 7.36. The smallest absolute Gasteiger partial charge is 0.328 e. The van der Waals surface area contributed by atoms with Crippen LogP contribution in [-0.4, -0.2) is 49.6 Å². The number of carbonyl (C=O) groups excluding carboxylic acids is 2. The Morgan fingerprint density at radius 2 is 1.88 bits per heavy atom. The lowest BCUT2D eigenvalue weighted by atomic mass is 9.90. The van der Waals surface area contributed by atoms with E-state index < -0.39 is 6.04 Å². The molecule has 1 heterocycles. The van der Waals surface area contributed by atoms with Crippen molar-refractivity contribution in [3.05, 3.63) is 35.9 Å². The Morgan fingerprint density at radius 3 is 2.46 bits per heavy atom. The molecule has 0 aliphatic carbocycles. The van der Waals surface area contributed by atoms with Crippen LogP contribution in [0.2, 0.25) is 0 Å². The van der Waals surface area contributed by atoms with Crippen LogP contribution in [0.1, 0.15) is 38.7 Å². The SMILES string of the molecule is CC[C@@H](C)[C@@H](NC(=O)CN1CCC(Cc2ccccc2)CC1)C(=O)OC. The molecule has 0 bridgehead atoms. The van der Waals surface area contributed by atoms with Crippen molar-refractivity contribution in [3.8, 4) is 0 Å². The van der Waals surface area contributed by atoms with E-state index in [0.29, 0.717) is 12.5 Å². The summed E-state index contributed by atoms with van der Waals surface area (Å²) in [7, 11) is 1.36. The number of nitrogens with zero attached hydrogens (tertiary/aromatic N) is 1. The molecular formula is C21H32N2O3. The van der Waals surface area contributed by atoms with Crippen LogP contribution in [0, 0.1) is 11.8 Å². The molecule has 1 aliphatic heterocycles. The van der Waals surface area contributed by atoms with Crippen LogP contribution < -0.4 is 5.32 Å². The molecule has 1 amide bonds. The molecule has 1 aromatic carbocycles. The molecule has 26 heavy (non-hydrogen) atoms. The van der Waals surface area contributed by atoms with Gasteiger partial charge >= 0.3 is 5.97 Å². The van der Waals surface area contributed by atoms with Crippen molar-refractivity contribution < 1.29 is 14.3 Å². The highest BCUT2D eigenvalue weighted by molar-refractivity contribution is 5.85. The summed E-state index contributed by atoms with van der Waals surface area (Å²) in [6, 6.07) is 10.0. The predicted octanol–water partition coefficient (Wildman–Crippen LogP) is 2.65. The second kappa shape index (κ2) is 10.3. The molecule has 0 saturated carbocycles. The van der Waals surface area contributed by atoms with Crippen molar-refractivity contribution in [1.82, 2.24) is 10.2 Å². The summed E-state index contributed by atoms with van der Waals surface area (Å²) in [5.41, 5.74) is 1.39. The first kappa shape index (κ1) is 20.4. The fraction of sp³-hybridized carbons (Fsp3) is 0.619. The van der Waals surface area contributed by atoms with Gasteiger partial charge in [0.2, 0.25) is 5.91 Å². The quantitative estimate of drug-likeness (QED) is 0.724. The van der Waals surface area contributed by atoms with E-state index in [0.717, 1.165) is 38.8 Å². The van der Waals surface area contributed by atoms with Crippen molar-refractivity contribution in [3.63, 3.8) is 0 Å². The molecule has 0 spiro atoms.